The molecule has 5 aromatic rings. The Morgan fingerprint density at radius 2 is 1.85 bits per heavy atom. The monoisotopic (exact) mass is 930 g/mol. The fraction of sp³-hybridized carbons (Fsp3) is 0.413. The SMILES string of the molecule is COC(=O)C1=C(CN2CCOC[C@H]2CN(C)CCCCCCOc2cc(N3CCc4nc(-c5ncccn5)ncc4C3C)cc(F)c2F)NC(c2nccs2)=N[C@H]1c1ccc(F)cc1Cl. The number of aromatic nitrogens is 5. The van der Waals surface area contributed by atoms with E-state index in [9.17, 15) is 13.6 Å². The number of morpholine rings is 1. The van der Waals surface area contributed by atoms with Crippen LogP contribution in [0.1, 0.15) is 66.5 Å². The van der Waals surface area contributed by atoms with Gasteiger partial charge in [0.2, 0.25) is 5.82 Å². The number of carbonyl (C=O) groups is 1. The number of rotatable bonds is 17. The van der Waals surface area contributed by atoms with Crippen LogP contribution in [0.15, 0.2) is 82.8 Å². The Bertz CT molecular complexity index is 2520. The van der Waals surface area contributed by atoms with Gasteiger partial charge in [-0.25, -0.2) is 38.5 Å². The molecule has 14 nitrogen and oxygen atoms in total. The molecule has 0 spiro atoms. The normalized spacial score (nSPS) is 18.9. The van der Waals surface area contributed by atoms with Crippen LogP contribution in [0.2, 0.25) is 5.02 Å². The van der Waals surface area contributed by atoms with E-state index >= 15 is 4.39 Å². The number of anilines is 1. The molecule has 3 aromatic heterocycles. The summed E-state index contributed by atoms with van der Waals surface area (Å²) in [6.45, 7) is 6.36. The molecule has 0 bridgehead atoms. The third kappa shape index (κ3) is 10.8. The number of hydrogen-bond acceptors (Lipinski definition) is 15. The molecular formula is C46H50ClF3N10O4S. The number of hydrogen-bond donors (Lipinski definition) is 1. The third-order valence-electron chi connectivity index (χ3n) is 11.8. The second-order valence-corrected chi connectivity index (χ2v) is 17.4. The lowest BCUT2D eigenvalue weighted by molar-refractivity contribution is -0.136. The summed E-state index contributed by atoms with van der Waals surface area (Å²) < 4.78 is 61.2. The number of methoxy groups -OCH3 is 1. The van der Waals surface area contributed by atoms with Crippen molar-refractivity contribution in [2.45, 2.75) is 57.2 Å². The van der Waals surface area contributed by atoms with Gasteiger partial charge >= 0.3 is 5.97 Å². The highest BCUT2D eigenvalue weighted by atomic mass is 35.5. The van der Waals surface area contributed by atoms with E-state index in [0.717, 1.165) is 37.1 Å². The van der Waals surface area contributed by atoms with Crippen molar-refractivity contribution in [2.24, 2.45) is 4.99 Å². The van der Waals surface area contributed by atoms with Crippen molar-refractivity contribution in [3.63, 3.8) is 0 Å². The number of nitrogens with zero attached hydrogens (tertiary/aromatic N) is 9. The van der Waals surface area contributed by atoms with E-state index in [2.05, 4.69) is 42.1 Å². The van der Waals surface area contributed by atoms with Crippen LogP contribution < -0.4 is 15.0 Å². The van der Waals surface area contributed by atoms with Crippen molar-refractivity contribution in [1.82, 2.24) is 40.0 Å². The average Bonchev–Trinajstić information content (AvgIpc) is 3.86. The molecule has 1 saturated heterocycles. The minimum absolute atomic E-state index is 0.00929. The number of unbranched alkanes of at least 4 members (excludes halogenated alkanes) is 3. The molecule has 1 unspecified atom stereocenters. The van der Waals surface area contributed by atoms with Crippen LogP contribution in [0.5, 0.6) is 5.75 Å². The van der Waals surface area contributed by atoms with Crippen LogP contribution in [0.25, 0.3) is 11.6 Å². The molecule has 3 atom stereocenters. The predicted octanol–water partition coefficient (Wildman–Crippen LogP) is 7.37. The molecule has 3 aliphatic rings. The molecule has 0 saturated carbocycles. The van der Waals surface area contributed by atoms with Gasteiger partial charge in [-0.15, -0.1) is 11.3 Å². The van der Waals surface area contributed by atoms with Crippen LogP contribution in [-0.2, 0) is 20.7 Å². The van der Waals surface area contributed by atoms with E-state index in [4.69, 9.17) is 35.8 Å². The Kier molecular flexibility index (Phi) is 15.0. The smallest absolute Gasteiger partial charge is 0.338 e. The van der Waals surface area contributed by atoms with Crippen LogP contribution in [0, 0.1) is 17.5 Å². The zero-order chi connectivity index (χ0) is 45.5. The summed E-state index contributed by atoms with van der Waals surface area (Å²) >= 11 is 7.96. The summed E-state index contributed by atoms with van der Waals surface area (Å²) in [5, 5.41) is 6.01. The number of amidine groups is 1. The highest BCUT2D eigenvalue weighted by molar-refractivity contribution is 7.11. The zero-order valence-electron chi connectivity index (χ0n) is 36.4. The van der Waals surface area contributed by atoms with Crippen LogP contribution >= 0.6 is 22.9 Å². The van der Waals surface area contributed by atoms with Gasteiger partial charge in [0.05, 0.1) is 44.2 Å². The average molecular weight is 931 g/mol. The number of halogens is 4. The third-order valence-corrected chi connectivity index (χ3v) is 12.9. The van der Waals surface area contributed by atoms with Gasteiger partial charge in [0.1, 0.15) is 11.9 Å². The van der Waals surface area contributed by atoms with Crippen molar-refractivity contribution in [1.29, 1.82) is 0 Å². The maximum absolute atomic E-state index is 15.0. The van der Waals surface area contributed by atoms with E-state index < -0.39 is 29.5 Å². The van der Waals surface area contributed by atoms with Crippen molar-refractivity contribution in [3.8, 4) is 17.4 Å². The maximum atomic E-state index is 15.0. The lowest BCUT2D eigenvalue weighted by atomic mass is 9.95. The molecule has 8 rings (SSSR count). The Balaban J connectivity index is 0.835. The van der Waals surface area contributed by atoms with E-state index in [1.54, 1.807) is 43.0 Å². The Morgan fingerprint density at radius 1 is 1.02 bits per heavy atom. The summed E-state index contributed by atoms with van der Waals surface area (Å²) in [4.78, 5) is 47.1. The molecule has 19 heteroatoms. The van der Waals surface area contributed by atoms with Gasteiger partial charge in [0, 0.05) is 108 Å². The Hall–Kier alpha value is -5.53. The van der Waals surface area contributed by atoms with Crippen molar-refractivity contribution in [2.75, 3.05) is 71.6 Å². The largest absolute Gasteiger partial charge is 0.490 e. The number of ether oxygens (including phenoxy) is 3. The molecule has 2 aromatic carbocycles. The summed E-state index contributed by atoms with van der Waals surface area (Å²) in [5.74, 6) is -1.75. The molecule has 0 aliphatic carbocycles. The van der Waals surface area contributed by atoms with E-state index in [0.29, 0.717) is 91.7 Å². The first-order valence-corrected chi connectivity index (χ1v) is 22.9. The molecule has 65 heavy (non-hydrogen) atoms. The Labute approximate surface area is 384 Å². The van der Waals surface area contributed by atoms with Gasteiger partial charge in [-0.05, 0) is 51.6 Å². The number of aliphatic imine (C=N–C) groups is 1. The number of carbonyl (C=O) groups excluding carboxylic acids is 1. The minimum atomic E-state index is -1.00. The molecule has 0 amide bonds. The van der Waals surface area contributed by atoms with Gasteiger partial charge in [0.25, 0.3) is 0 Å². The first kappa shape index (κ1) is 46.0. The van der Waals surface area contributed by atoms with Gasteiger partial charge in [0.15, 0.2) is 34.1 Å². The summed E-state index contributed by atoms with van der Waals surface area (Å²) in [6, 6.07) is 7.55. The van der Waals surface area contributed by atoms with Crippen molar-refractivity contribution < 1.29 is 32.2 Å². The zero-order valence-corrected chi connectivity index (χ0v) is 37.9. The van der Waals surface area contributed by atoms with Crippen LogP contribution in [-0.4, -0.2) is 119 Å². The second-order valence-electron chi connectivity index (χ2n) is 16.1. The molecule has 3 aliphatic heterocycles. The fourth-order valence-corrected chi connectivity index (χ4v) is 9.33. The lowest BCUT2D eigenvalue weighted by Gasteiger charge is -2.39. The molecule has 6 heterocycles. The highest BCUT2D eigenvalue weighted by Gasteiger charge is 2.36. The van der Waals surface area contributed by atoms with E-state index in [1.165, 1.54) is 36.6 Å². The molecule has 1 N–H and O–H groups in total. The number of thiazole rings is 1. The van der Waals surface area contributed by atoms with Gasteiger partial charge in [-0.2, -0.15) is 4.39 Å². The van der Waals surface area contributed by atoms with Gasteiger partial charge in [-0.1, -0.05) is 30.5 Å². The minimum Gasteiger partial charge on any atom is -0.490 e. The molecule has 1 fully saturated rings. The van der Waals surface area contributed by atoms with E-state index in [1.807, 2.05) is 17.2 Å². The standard InChI is InChI=1S/C46H50ClF3N10O4S/c1-28-33-24-54-43(42-51-12-8-13-52-42)55-36(33)11-16-60(28)30-22-35(49)40(50)38(23-30)64-18-7-5-4-6-15-58(2)25-31-27-63-19-17-59(31)26-37-39(46(61)62-3)41(32-10-9-29(48)21-34(32)47)57-44(56-37)45-53-14-20-65-45/h8-10,12-14,20-24,28,31,41H,4-7,11,15-19,25-27H2,1-3H3,(H,56,57)/t28?,31-,41+/m1/s1. The maximum Gasteiger partial charge on any atom is 0.338 e. The number of likely N-dealkylation sites (N-methyl/N-ethyl adjacent to an activating group) is 1. The van der Waals surface area contributed by atoms with Gasteiger partial charge in [-0.3, -0.25) is 9.89 Å². The number of esters is 1. The van der Waals surface area contributed by atoms with Crippen LogP contribution in [0.4, 0.5) is 18.9 Å². The number of benzene rings is 2. The van der Waals surface area contributed by atoms with Gasteiger partial charge < -0.3 is 29.3 Å². The highest BCUT2D eigenvalue weighted by Crippen LogP contribution is 2.38. The fourth-order valence-electron chi connectivity index (χ4n) is 8.47. The topological polar surface area (TPSA) is 143 Å². The van der Waals surface area contributed by atoms with Crippen LogP contribution in [0.3, 0.4) is 0 Å². The molecule has 0 radical (unpaired) electrons. The predicted molar refractivity (Wildman–Crippen MR) is 242 cm³/mol. The summed E-state index contributed by atoms with van der Waals surface area (Å²) in [5.41, 5.74) is 3.68. The number of fused-ring (bicyclic) bond motifs is 1. The van der Waals surface area contributed by atoms with Crippen molar-refractivity contribution >= 4 is 40.4 Å². The first-order chi connectivity index (χ1) is 31.6. The Morgan fingerprint density at radius 3 is 2.63 bits per heavy atom. The summed E-state index contributed by atoms with van der Waals surface area (Å²) in [6.07, 6.45) is 10.7. The summed E-state index contributed by atoms with van der Waals surface area (Å²) in [7, 11) is 3.39. The quantitative estimate of drug-likeness (QED) is 0.0733. The molecular weight excluding hydrogens is 881 g/mol. The second kappa shape index (κ2) is 21.2. The molecule has 342 valence electrons. The van der Waals surface area contributed by atoms with E-state index in [-0.39, 0.29) is 35.0 Å². The lowest BCUT2D eigenvalue weighted by Crippen LogP contribution is -2.53. The first-order valence-electron chi connectivity index (χ1n) is 21.6. The number of nitrogens with one attached hydrogen (secondary N) is 1. The van der Waals surface area contributed by atoms with Crippen molar-refractivity contribution in [3.05, 3.63) is 122 Å².